The molecule has 2 N–H and O–H groups in total. The predicted molar refractivity (Wildman–Crippen MR) is 70.2 cm³/mol. The summed E-state index contributed by atoms with van der Waals surface area (Å²) in [6.45, 7) is 1.69. The molecule has 1 rings (SSSR count). The van der Waals surface area contributed by atoms with Crippen LogP contribution in [0.1, 0.15) is 24.6 Å². The molecule has 1 aromatic rings. The summed E-state index contributed by atoms with van der Waals surface area (Å²) < 4.78 is 1.03. The number of carbonyl (C=O) groups is 2. The minimum Gasteiger partial charge on any atom is -0.481 e. The van der Waals surface area contributed by atoms with E-state index in [2.05, 4.69) is 21.2 Å². The zero-order valence-electron chi connectivity index (χ0n) is 9.40. The fraction of sp³-hybridized carbons (Fsp3) is 0.455. The van der Waals surface area contributed by atoms with E-state index in [9.17, 15) is 9.59 Å². The number of hydrogen-bond acceptors (Lipinski definition) is 3. The van der Waals surface area contributed by atoms with Crippen LogP contribution in [0.4, 0.5) is 0 Å². The molecule has 1 aromatic heterocycles. The van der Waals surface area contributed by atoms with E-state index in [1.54, 1.807) is 18.3 Å². The largest absolute Gasteiger partial charge is 0.481 e. The molecule has 0 spiro atoms. The van der Waals surface area contributed by atoms with Crippen molar-refractivity contribution in [1.82, 2.24) is 5.32 Å². The lowest BCUT2D eigenvalue weighted by Gasteiger charge is -2.10. The summed E-state index contributed by atoms with van der Waals surface area (Å²) in [5, 5.41) is 13.2. The first-order chi connectivity index (χ1) is 7.97. The molecule has 94 valence electrons. The van der Waals surface area contributed by atoms with Crippen LogP contribution in [0.15, 0.2) is 15.9 Å². The number of carboxylic acid groups (broad SMARTS) is 1. The second kappa shape index (κ2) is 6.76. The maximum absolute atomic E-state index is 11.5. The Morgan fingerprint density at radius 2 is 2.29 bits per heavy atom. The Hall–Kier alpha value is -0.880. The van der Waals surface area contributed by atoms with Gasteiger partial charge < -0.3 is 10.4 Å². The maximum atomic E-state index is 11.5. The Labute approximate surface area is 112 Å². The van der Waals surface area contributed by atoms with E-state index in [-0.39, 0.29) is 18.4 Å². The molecular formula is C11H14BrNO3S. The summed E-state index contributed by atoms with van der Waals surface area (Å²) in [5.74, 6) is -1.01. The number of amides is 1. The Balaban J connectivity index is 2.28. The van der Waals surface area contributed by atoms with Crippen LogP contribution in [0.3, 0.4) is 0 Å². The number of rotatable bonds is 6. The fourth-order valence-electron chi connectivity index (χ4n) is 1.38. The van der Waals surface area contributed by atoms with Crippen LogP contribution in [-0.2, 0) is 16.0 Å². The van der Waals surface area contributed by atoms with Gasteiger partial charge in [-0.1, -0.05) is 0 Å². The zero-order chi connectivity index (χ0) is 12.8. The molecule has 0 saturated heterocycles. The lowest BCUT2D eigenvalue weighted by atomic mass is 10.2. The number of carbonyl (C=O) groups excluding carboxylic acids is 1. The van der Waals surface area contributed by atoms with Gasteiger partial charge in [-0.05, 0) is 35.3 Å². The SMILES string of the molecule is CC(CC(=O)O)NC(=O)CCc1cc(Br)cs1. The molecule has 0 aliphatic heterocycles. The first kappa shape index (κ1) is 14.2. The molecule has 4 nitrogen and oxygen atoms in total. The van der Waals surface area contributed by atoms with Crippen molar-refractivity contribution < 1.29 is 14.7 Å². The van der Waals surface area contributed by atoms with Crippen molar-refractivity contribution in [2.24, 2.45) is 0 Å². The number of hydrogen-bond donors (Lipinski definition) is 2. The Morgan fingerprint density at radius 3 is 2.82 bits per heavy atom. The van der Waals surface area contributed by atoms with Crippen LogP contribution in [0.5, 0.6) is 0 Å². The molecule has 0 aliphatic carbocycles. The lowest BCUT2D eigenvalue weighted by Crippen LogP contribution is -2.34. The molecule has 17 heavy (non-hydrogen) atoms. The van der Waals surface area contributed by atoms with E-state index in [0.29, 0.717) is 12.8 Å². The van der Waals surface area contributed by atoms with Crippen molar-refractivity contribution in [3.05, 3.63) is 20.8 Å². The average molecular weight is 320 g/mol. The van der Waals surface area contributed by atoms with Gasteiger partial charge in [0, 0.05) is 27.2 Å². The molecule has 0 fully saturated rings. The molecule has 0 aromatic carbocycles. The molecule has 0 radical (unpaired) electrons. The number of carboxylic acids is 1. The highest BCUT2D eigenvalue weighted by Gasteiger charge is 2.11. The maximum Gasteiger partial charge on any atom is 0.305 e. The minimum atomic E-state index is -0.903. The number of nitrogens with one attached hydrogen (secondary N) is 1. The summed E-state index contributed by atoms with van der Waals surface area (Å²) in [5.41, 5.74) is 0. The second-order valence-electron chi connectivity index (χ2n) is 3.80. The van der Waals surface area contributed by atoms with Crippen LogP contribution >= 0.6 is 27.3 Å². The van der Waals surface area contributed by atoms with Crippen molar-refractivity contribution in [2.75, 3.05) is 0 Å². The van der Waals surface area contributed by atoms with E-state index in [1.807, 2.05) is 11.4 Å². The Bertz CT molecular complexity index is 405. The standard InChI is InChI=1S/C11H14BrNO3S/c1-7(4-11(15)16)13-10(14)3-2-9-5-8(12)6-17-9/h5-7H,2-4H2,1H3,(H,13,14)(H,15,16). The predicted octanol–water partition coefficient (Wildman–Crippen LogP) is 2.42. The first-order valence-electron chi connectivity index (χ1n) is 5.21. The average Bonchev–Trinajstić information content (AvgIpc) is 2.59. The third-order valence-corrected chi connectivity index (χ3v) is 3.87. The second-order valence-corrected chi connectivity index (χ2v) is 5.71. The molecule has 0 saturated carbocycles. The number of halogens is 1. The van der Waals surface area contributed by atoms with Gasteiger partial charge in [0.2, 0.25) is 5.91 Å². The molecule has 1 atom stereocenters. The van der Waals surface area contributed by atoms with Crippen molar-refractivity contribution in [3.8, 4) is 0 Å². The van der Waals surface area contributed by atoms with Gasteiger partial charge in [-0.25, -0.2) is 0 Å². The summed E-state index contributed by atoms with van der Waals surface area (Å²) in [6.07, 6.45) is 1.02. The van der Waals surface area contributed by atoms with E-state index in [0.717, 1.165) is 9.35 Å². The zero-order valence-corrected chi connectivity index (χ0v) is 11.8. The van der Waals surface area contributed by atoms with Crippen LogP contribution in [0.2, 0.25) is 0 Å². The summed E-state index contributed by atoms with van der Waals surface area (Å²) in [4.78, 5) is 23.1. The van der Waals surface area contributed by atoms with Gasteiger partial charge in [0.05, 0.1) is 6.42 Å². The smallest absolute Gasteiger partial charge is 0.305 e. The minimum absolute atomic E-state index is 0.0453. The van der Waals surface area contributed by atoms with Gasteiger partial charge in [0.15, 0.2) is 0 Å². The Morgan fingerprint density at radius 1 is 1.59 bits per heavy atom. The summed E-state index contributed by atoms with van der Waals surface area (Å²) >= 11 is 4.95. The number of aryl methyl sites for hydroxylation is 1. The van der Waals surface area contributed by atoms with Crippen LogP contribution in [0.25, 0.3) is 0 Å². The fourth-order valence-corrected chi connectivity index (χ4v) is 2.84. The van der Waals surface area contributed by atoms with Gasteiger partial charge in [-0.15, -0.1) is 11.3 Å². The molecule has 0 aliphatic rings. The van der Waals surface area contributed by atoms with E-state index >= 15 is 0 Å². The van der Waals surface area contributed by atoms with Crippen molar-refractivity contribution in [1.29, 1.82) is 0 Å². The van der Waals surface area contributed by atoms with Gasteiger partial charge >= 0.3 is 5.97 Å². The highest BCUT2D eigenvalue weighted by molar-refractivity contribution is 9.10. The van der Waals surface area contributed by atoms with E-state index < -0.39 is 5.97 Å². The van der Waals surface area contributed by atoms with Gasteiger partial charge in [0.25, 0.3) is 0 Å². The van der Waals surface area contributed by atoms with Gasteiger partial charge in [-0.3, -0.25) is 9.59 Å². The van der Waals surface area contributed by atoms with Crippen molar-refractivity contribution >= 4 is 39.1 Å². The Kier molecular flexibility index (Phi) is 5.64. The third kappa shape index (κ3) is 5.83. The monoisotopic (exact) mass is 319 g/mol. The van der Waals surface area contributed by atoms with Crippen LogP contribution in [-0.4, -0.2) is 23.0 Å². The van der Waals surface area contributed by atoms with E-state index in [4.69, 9.17) is 5.11 Å². The van der Waals surface area contributed by atoms with E-state index in [1.165, 1.54) is 0 Å². The van der Waals surface area contributed by atoms with Crippen LogP contribution in [0, 0.1) is 0 Å². The third-order valence-electron chi connectivity index (χ3n) is 2.11. The summed E-state index contributed by atoms with van der Waals surface area (Å²) in [6, 6.07) is 1.66. The van der Waals surface area contributed by atoms with Crippen LogP contribution < -0.4 is 5.32 Å². The van der Waals surface area contributed by atoms with Crippen molar-refractivity contribution in [3.63, 3.8) is 0 Å². The normalized spacial score (nSPS) is 12.1. The molecule has 1 amide bonds. The first-order valence-corrected chi connectivity index (χ1v) is 6.88. The molecular weight excluding hydrogens is 306 g/mol. The molecule has 6 heteroatoms. The molecule has 0 bridgehead atoms. The highest BCUT2D eigenvalue weighted by Crippen LogP contribution is 2.20. The van der Waals surface area contributed by atoms with Crippen molar-refractivity contribution in [2.45, 2.75) is 32.2 Å². The molecule has 1 unspecified atom stereocenters. The molecule has 1 heterocycles. The summed E-state index contributed by atoms with van der Waals surface area (Å²) in [7, 11) is 0. The highest BCUT2D eigenvalue weighted by atomic mass is 79.9. The quantitative estimate of drug-likeness (QED) is 0.846. The lowest BCUT2D eigenvalue weighted by molar-refractivity contribution is -0.137. The van der Waals surface area contributed by atoms with Gasteiger partial charge in [0.1, 0.15) is 0 Å². The number of thiophene rings is 1. The van der Waals surface area contributed by atoms with Gasteiger partial charge in [-0.2, -0.15) is 0 Å². The number of aliphatic carboxylic acids is 1. The topological polar surface area (TPSA) is 66.4 Å².